The second-order valence-electron chi connectivity index (χ2n) is 4.83. The highest BCUT2D eigenvalue weighted by Gasteiger charge is 2.12. The lowest BCUT2D eigenvalue weighted by molar-refractivity contribution is 0.556. The highest BCUT2D eigenvalue weighted by atomic mass is 35.5. The van der Waals surface area contributed by atoms with Crippen molar-refractivity contribution in [2.75, 3.05) is 7.05 Å². The fourth-order valence-corrected chi connectivity index (χ4v) is 2.68. The van der Waals surface area contributed by atoms with E-state index in [1.165, 1.54) is 5.56 Å². The Morgan fingerprint density at radius 1 is 1.30 bits per heavy atom. The van der Waals surface area contributed by atoms with Crippen LogP contribution in [0.2, 0.25) is 10.0 Å². The molecule has 1 heterocycles. The van der Waals surface area contributed by atoms with Crippen molar-refractivity contribution in [3.8, 4) is 0 Å². The van der Waals surface area contributed by atoms with Gasteiger partial charge in [0.25, 0.3) is 0 Å². The fourth-order valence-electron chi connectivity index (χ4n) is 2.20. The Bertz CT molecular complexity index is 566. The molecule has 1 atom stereocenters. The third kappa shape index (κ3) is 3.98. The normalized spacial score (nSPS) is 12.6. The number of aryl methyl sites for hydroxylation is 1. The second kappa shape index (κ2) is 7.11. The van der Waals surface area contributed by atoms with Gasteiger partial charge in [0.15, 0.2) is 0 Å². The summed E-state index contributed by atoms with van der Waals surface area (Å²) in [6.45, 7) is 2.98. The van der Waals surface area contributed by atoms with E-state index in [9.17, 15) is 0 Å². The molecule has 0 aliphatic carbocycles. The molecule has 0 radical (unpaired) electrons. The molecule has 0 saturated heterocycles. The van der Waals surface area contributed by atoms with Gasteiger partial charge in [-0.1, -0.05) is 29.3 Å². The molecule has 0 saturated carbocycles. The summed E-state index contributed by atoms with van der Waals surface area (Å²) in [6, 6.07) is 5.98. The van der Waals surface area contributed by atoms with E-state index in [4.69, 9.17) is 23.2 Å². The SMILES string of the molecule is CCn1cc(CC(Cc2ccc(Cl)cc2Cl)NC)cn1. The van der Waals surface area contributed by atoms with Crippen molar-refractivity contribution in [3.63, 3.8) is 0 Å². The molecule has 0 amide bonds. The largest absolute Gasteiger partial charge is 0.316 e. The second-order valence-corrected chi connectivity index (χ2v) is 5.68. The lowest BCUT2D eigenvalue weighted by atomic mass is 10.0. The van der Waals surface area contributed by atoms with Gasteiger partial charge < -0.3 is 5.32 Å². The van der Waals surface area contributed by atoms with Crippen molar-refractivity contribution in [2.45, 2.75) is 32.4 Å². The van der Waals surface area contributed by atoms with Crippen molar-refractivity contribution in [3.05, 3.63) is 51.8 Å². The first-order chi connectivity index (χ1) is 9.62. The minimum atomic E-state index is 0.322. The van der Waals surface area contributed by atoms with Crippen LogP contribution in [0.3, 0.4) is 0 Å². The Hall–Kier alpha value is -1.03. The smallest absolute Gasteiger partial charge is 0.0522 e. The van der Waals surface area contributed by atoms with Crippen LogP contribution in [0.15, 0.2) is 30.6 Å². The molecular weight excluding hydrogens is 293 g/mol. The van der Waals surface area contributed by atoms with Crippen molar-refractivity contribution in [2.24, 2.45) is 0 Å². The van der Waals surface area contributed by atoms with Crippen LogP contribution in [0.25, 0.3) is 0 Å². The van der Waals surface area contributed by atoms with Crippen LogP contribution in [0.1, 0.15) is 18.1 Å². The summed E-state index contributed by atoms with van der Waals surface area (Å²) >= 11 is 12.2. The average molecular weight is 312 g/mol. The molecule has 2 aromatic rings. The van der Waals surface area contributed by atoms with Gasteiger partial charge in [-0.2, -0.15) is 5.10 Å². The number of benzene rings is 1. The molecule has 0 bridgehead atoms. The summed E-state index contributed by atoms with van der Waals surface area (Å²) in [6.07, 6.45) is 5.81. The maximum atomic E-state index is 6.23. The number of aromatic nitrogens is 2. The standard InChI is InChI=1S/C15H19Cl2N3/c1-3-20-10-11(9-19-20)6-14(18-2)7-12-4-5-13(16)8-15(12)17/h4-5,8-10,14,18H,3,6-7H2,1-2H3. The van der Waals surface area contributed by atoms with Gasteiger partial charge in [-0.05, 0) is 50.1 Å². The minimum absolute atomic E-state index is 0.322. The molecule has 0 aliphatic heterocycles. The Morgan fingerprint density at radius 2 is 2.10 bits per heavy atom. The zero-order chi connectivity index (χ0) is 14.5. The van der Waals surface area contributed by atoms with Crippen LogP contribution in [0.5, 0.6) is 0 Å². The molecule has 1 aromatic heterocycles. The first kappa shape index (κ1) is 15.4. The Labute approximate surface area is 129 Å². The number of nitrogens with one attached hydrogen (secondary N) is 1. The molecule has 20 heavy (non-hydrogen) atoms. The van der Waals surface area contributed by atoms with Crippen LogP contribution in [-0.2, 0) is 19.4 Å². The van der Waals surface area contributed by atoms with Crippen LogP contribution in [0.4, 0.5) is 0 Å². The van der Waals surface area contributed by atoms with Gasteiger partial charge in [-0.3, -0.25) is 4.68 Å². The zero-order valence-electron chi connectivity index (χ0n) is 11.7. The average Bonchev–Trinajstić information content (AvgIpc) is 2.88. The Balaban J connectivity index is 2.04. The van der Waals surface area contributed by atoms with Crippen LogP contribution in [0, 0.1) is 0 Å². The predicted molar refractivity (Wildman–Crippen MR) is 84.6 cm³/mol. The monoisotopic (exact) mass is 311 g/mol. The van der Waals surface area contributed by atoms with E-state index in [0.717, 1.165) is 30.0 Å². The first-order valence-corrected chi connectivity index (χ1v) is 7.50. The van der Waals surface area contributed by atoms with Crippen molar-refractivity contribution in [1.82, 2.24) is 15.1 Å². The van der Waals surface area contributed by atoms with E-state index in [1.807, 2.05) is 30.1 Å². The maximum absolute atomic E-state index is 6.23. The molecule has 0 aliphatic rings. The van der Waals surface area contributed by atoms with E-state index in [0.29, 0.717) is 11.1 Å². The topological polar surface area (TPSA) is 29.9 Å². The summed E-state index contributed by atoms with van der Waals surface area (Å²) in [5.41, 5.74) is 2.34. The van der Waals surface area contributed by atoms with Gasteiger partial charge in [-0.25, -0.2) is 0 Å². The molecule has 0 spiro atoms. The van der Waals surface area contributed by atoms with E-state index < -0.39 is 0 Å². The molecule has 1 aromatic carbocycles. The number of likely N-dealkylation sites (N-methyl/N-ethyl adjacent to an activating group) is 1. The maximum Gasteiger partial charge on any atom is 0.0522 e. The molecule has 108 valence electrons. The van der Waals surface area contributed by atoms with Gasteiger partial charge in [0.05, 0.1) is 6.20 Å². The van der Waals surface area contributed by atoms with Gasteiger partial charge in [0, 0.05) is 28.8 Å². The van der Waals surface area contributed by atoms with Crippen molar-refractivity contribution in [1.29, 1.82) is 0 Å². The molecule has 3 nitrogen and oxygen atoms in total. The molecule has 0 fully saturated rings. The van der Waals surface area contributed by atoms with E-state index in [-0.39, 0.29) is 0 Å². The minimum Gasteiger partial charge on any atom is -0.316 e. The Kier molecular flexibility index (Phi) is 5.46. The van der Waals surface area contributed by atoms with Gasteiger partial charge in [0.2, 0.25) is 0 Å². The summed E-state index contributed by atoms with van der Waals surface area (Å²) < 4.78 is 1.94. The van der Waals surface area contributed by atoms with Gasteiger partial charge in [-0.15, -0.1) is 0 Å². The lowest BCUT2D eigenvalue weighted by Crippen LogP contribution is -2.29. The molecule has 1 unspecified atom stereocenters. The number of halogens is 2. The van der Waals surface area contributed by atoms with Gasteiger partial charge >= 0.3 is 0 Å². The number of nitrogens with zero attached hydrogens (tertiary/aromatic N) is 2. The number of rotatable bonds is 6. The van der Waals surface area contributed by atoms with E-state index >= 15 is 0 Å². The summed E-state index contributed by atoms with van der Waals surface area (Å²) in [5, 5.41) is 9.04. The summed E-state index contributed by atoms with van der Waals surface area (Å²) in [7, 11) is 1.97. The van der Waals surface area contributed by atoms with E-state index in [1.54, 1.807) is 6.07 Å². The number of hydrogen-bond acceptors (Lipinski definition) is 2. The highest BCUT2D eigenvalue weighted by molar-refractivity contribution is 6.35. The predicted octanol–water partition coefficient (Wildman–Crippen LogP) is 3.58. The summed E-state index contributed by atoms with van der Waals surface area (Å²) in [5.74, 6) is 0. The summed E-state index contributed by atoms with van der Waals surface area (Å²) in [4.78, 5) is 0. The van der Waals surface area contributed by atoms with Crippen LogP contribution < -0.4 is 5.32 Å². The molecule has 1 N–H and O–H groups in total. The number of hydrogen-bond donors (Lipinski definition) is 1. The van der Waals surface area contributed by atoms with Crippen molar-refractivity contribution < 1.29 is 0 Å². The third-order valence-electron chi connectivity index (χ3n) is 3.38. The fraction of sp³-hybridized carbons (Fsp3) is 0.400. The van der Waals surface area contributed by atoms with E-state index in [2.05, 4.69) is 23.5 Å². The zero-order valence-corrected chi connectivity index (χ0v) is 13.2. The van der Waals surface area contributed by atoms with Crippen LogP contribution in [-0.4, -0.2) is 22.9 Å². The third-order valence-corrected chi connectivity index (χ3v) is 3.97. The van der Waals surface area contributed by atoms with Crippen LogP contribution >= 0.6 is 23.2 Å². The molecule has 5 heteroatoms. The first-order valence-electron chi connectivity index (χ1n) is 6.75. The quantitative estimate of drug-likeness (QED) is 0.883. The molecular formula is C15H19Cl2N3. The lowest BCUT2D eigenvalue weighted by Gasteiger charge is -2.16. The van der Waals surface area contributed by atoms with Crippen molar-refractivity contribution >= 4 is 23.2 Å². The highest BCUT2D eigenvalue weighted by Crippen LogP contribution is 2.22. The molecule has 2 rings (SSSR count). The van der Waals surface area contributed by atoms with Gasteiger partial charge in [0.1, 0.15) is 0 Å². The Morgan fingerprint density at radius 3 is 2.70 bits per heavy atom.